The van der Waals surface area contributed by atoms with Gasteiger partial charge in [0.25, 0.3) is 5.91 Å². The number of carboxylic acid groups (broad SMARTS) is 1. The minimum absolute atomic E-state index is 0.278. The number of nitrogens with one attached hydrogen (secondary N) is 1. The van der Waals surface area contributed by atoms with Crippen molar-refractivity contribution in [2.45, 2.75) is 0 Å². The van der Waals surface area contributed by atoms with Crippen LogP contribution in [0.1, 0.15) is 10.4 Å². The molecular formula is C8H9N3O3. The van der Waals surface area contributed by atoms with Crippen molar-refractivity contribution in [2.75, 3.05) is 12.3 Å². The van der Waals surface area contributed by atoms with Gasteiger partial charge in [-0.1, -0.05) is 0 Å². The van der Waals surface area contributed by atoms with E-state index in [9.17, 15) is 9.59 Å². The van der Waals surface area contributed by atoms with Crippen LogP contribution >= 0.6 is 0 Å². The zero-order valence-electron chi connectivity index (χ0n) is 7.23. The molecule has 0 radical (unpaired) electrons. The van der Waals surface area contributed by atoms with E-state index in [0.29, 0.717) is 5.82 Å². The van der Waals surface area contributed by atoms with Gasteiger partial charge in [0.1, 0.15) is 12.4 Å². The summed E-state index contributed by atoms with van der Waals surface area (Å²) in [5, 5.41) is 10.5. The molecule has 6 nitrogen and oxygen atoms in total. The Balaban J connectivity index is 2.61. The van der Waals surface area contributed by atoms with Crippen molar-refractivity contribution in [1.29, 1.82) is 0 Å². The largest absolute Gasteiger partial charge is 0.480 e. The van der Waals surface area contributed by atoms with Crippen molar-refractivity contribution >= 4 is 17.7 Å². The second-order valence-corrected chi connectivity index (χ2v) is 2.55. The topological polar surface area (TPSA) is 105 Å². The van der Waals surface area contributed by atoms with Crippen LogP contribution in [0.3, 0.4) is 0 Å². The normalized spacial score (nSPS) is 9.43. The molecule has 0 aliphatic rings. The van der Waals surface area contributed by atoms with Crippen molar-refractivity contribution < 1.29 is 14.7 Å². The molecule has 1 rings (SSSR count). The number of carbonyl (C=O) groups excluding carboxylic acids is 1. The third-order valence-electron chi connectivity index (χ3n) is 1.45. The number of hydrogen-bond acceptors (Lipinski definition) is 4. The van der Waals surface area contributed by atoms with E-state index in [1.165, 1.54) is 18.3 Å². The summed E-state index contributed by atoms with van der Waals surface area (Å²) in [5.41, 5.74) is 5.59. The number of aliphatic carboxylic acids is 1. The predicted octanol–water partition coefficient (Wildman–Crippen LogP) is -0.522. The lowest BCUT2D eigenvalue weighted by atomic mass is 10.2. The molecule has 0 fully saturated rings. The third-order valence-corrected chi connectivity index (χ3v) is 1.45. The van der Waals surface area contributed by atoms with Crippen LogP contribution in [0, 0.1) is 0 Å². The SMILES string of the molecule is Nc1ccc(C(=O)NCC(=O)O)cn1. The fourth-order valence-corrected chi connectivity index (χ4v) is 0.798. The number of nitrogens with two attached hydrogens (primary N) is 1. The van der Waals surface area contributed by atoms with Crippen LogP contribution in [0.4, 0.5) is 5.82 Å². The van der Waals surface area contributed by atoms with Gasteiger partial charge in [-0.25, -0.2) is 4.98 Å². The summed E-state index contributed by atoms with van der Waals surface area (Å²) in [4.78, 5) is 25.0. The van der Waals surface area contributed by atoms with Gasteiger partial charge in [0, 0.05) is 6.20 Å². The quantitative estimate of drug-likeness (QED) is 0.601. The second-order valence-electron chi connectivity index (χ2n) is 2.55. The van der Waals surface area contributed by atoms with Gasteiger partial charge in [0.15, 0.2) is 0 Å². The lowest BCUT2D eigenvalue weighted by molar-refractivity contribution is -0.135. The number of carbonyl (C=O) groups is 2. The fraction of sp³-hybridized carbons (Fsp3) is 0.125. The van der Waals surface area contributed by atoms with E-state index in [4.69, 9.17) is 10.8 Å². The van der Waals surface area contributed by atoms with Crippen molar-refractivity contribution in [3.8, 4) is 0 Å². The Kier molecular flexibility index (Phi) is 3.01. The van der Waals surface area contributed by atoms with E-state index in [-0.39, 0.29) is 5.56 Å². The number of aromatic nitrogens is 1. The molecule has 0 spiro atoms. The Bertz CT molecular complexity index is 347. The molecular weight excluding hydrogens is 186 g/mol. The minimum Gasteiger partial charge on any atom is -0.480 e. The van der Waals surface area contributed by atoms with Crippen molar-refractivity contribution in [3.05, 3.63) is 23.9 Å². The van der Waals surface area contributed by atoms with E-state index in [2.05, 4.69) is 10.3 Å². The van der Waals surface area contributed by atoms with Gasteiger partial charge >= 0.3 is 5.97 Å². The zero-order chi connectivity index (χ0) is 10.6. The highest BCUT2D eigenvalue weighted by Gasteiger charge is 2.06. The third kappa shape index (κ3) is 2.74. The number of pyridine rings is 1. The molecule has 0 saturated carbocycles. The highest BCUT2D eigenvalue weighted by molar-refractivity contribution is 5.95. The Morgan fingerprint density at radius 1 is 1.50 bits per heavy atom. The number of amides is 1. The van der Waals surface area contributed by atoms with Crippen LogP contribution in [-0.2, 0) is 4.79 Å². The number of anilines is 1. The van der Waals surface area contributed by atoms with Crippen molar-refractivity contribution in [2.24, 2.45) is 0 Å². The number of nitrogen functional groups attached to an aromatic ring is 1. The maximum atomic E-state index is 11.2. The molecule has 0 bridgehead atoms. The summed E-state index contributed by atoms with van der Waals surface area (Å²) >= 11 is 0. The van der Waals surface area contributed by atoms with Gasteiger partial charge in [-0.05, 0) is 12.1 Å². The summed E-state index contributed by atoms with van der Waals surface area (Å²) in [5.74, 6) is -1.28. The molecule has 0 aliphatic heterocycles. The number of carboxylic acids is 1. The molecule has 0 atom stereocenters. The molecule has 14 heavy (non-hydrogen) atoms. The average molecular weight is 195 g/mol. The minimum atomic E-state index is -1.10. The van der Waals surface area contributed by atoms with Gasteiger partial charge < -0.3 is 16.2 Å². The van der Waals surface area contributed by atoms with Crippen LogP contribution in [0.25, 0.3) is 0 Å². The molecule has 0 unspecified atom stereocenters. The van der Waals surface area contributed by atoms with E-state index in [1.807, 2.05) is 0 Å². The Labute approximate surface area is 79.8 Å². The first-order chi connectivity index (χ1) is 6.59. The average Bonchev–Trinajstić information content (AvgIpc) is 2.15. The summed E-state index contributed by atoms with van der Waals surface area (Å²) in [6.07, 6.45) is 1.28. The first-order valence-corrected chi connectivity index (χ1v) is 3.81. The fourth-order valence-electron chi connectivity index (χ4n) is 0.798. The standard InChI is InChI=1S/C8H9N3O3/c9-6-2-1-5(3-10-6)8(14)11-4-7(12)13/h1-3H,4H2,(H2,9,10)(H,11,14)(H,12,13). The Hall–Kier alpha value is -2.11. The molecule has 0 aromatic carbocycles. The Morgan fingerprint density at radius 3 is 2.71 bits per heavy atom. The molecule has 74 valence electrons. The van der Waals surface area contributed by atoms with E-state index < -0.39 is 18.4 Å². The zero-order valence-corrected chi connectivity index (χ0v) is 7.23. The predicted molar refractivity (Wildman–Crippen MR) is 48.6 cm³/mol. The first-order valence-electron chi connectivity index (χ1n) is 3.81. The number of hydrogen-bond donors (Lipinski definition) is 3. The van der Waals surface area contributed by atoms with Crippen LogP contribution < -0.4 is 11.1 Å². The number of nitrogens with zero attached hydrogens (tertiary/aromatic N) is 1. The Morgan fingerprint density at radius 2 is 2.21 bits per heavy atom. The van der Waals surface area contributed by atoms with Gasteiger partial charge in [0.2, 0.25) is 0 Å². The molecule has 0 saturated heterocycles. The summed E-state index contributed by atoms with van der Waals surface area (Å²) in [6, 6.07) is 2.94. The molecule has 1 heterocycles. The van der Waals surface area contributed by atoms with E-state index >= 15 is 0 Å². The van der Waals surface area contributed by atoms with E-state index in [1.54, 1.807) is 0 Å². The van der Waals surface area contributed by atoms with Gasteiger partial charge in [0.05, 0.1) is 5.56 Å². The van der Waals surface area contributed by atoms with Crippen molar-refractivity contribution in [1.82, 2.24) is 10.3 Å². The molecule has 1 aromatic heterocycles. The smallest absolute Gasteiger partial charge is 0.322 e. The molecule has 1 amide bonds. The van der Waals surface area contributed by atoms with Gasteiger partial charge in [-0.2, -0.15) is 0 Å². The second kappa shape index (κ2) is 4.22. The molecule has 0 aliphatic carbocycles. The summed E-state index contributed by atoms with van der Waals surface area (Å²) in [7, 11) is 0. The van der Waals surface area contributed by atoms with Gasteiger partial charge in [-0.15, -0.1) is 0 Å². The van der Waals surface area contributed by atoms with Crippen LogP contribution in [0.5, 0.6) is 0 Å². The summed E-state index contributed by atoms with van der Waals surface area (Å²) < 4.78 is 0. The van der Waals surface area contributed by atoms with Gasteiger partial charge in [-0.3, -0.25) is 9.59 Å². The molecule has 1 aromatic rings. The molecule has 6 heteroatoms. The maximum absolute atomic E-state index is 11.2. The lowest BCUT2D eigenvalue weighted by Gasteiger charge is -2.01. The van der Waals surface area contributed by atoms with Crippen LogP contribution in [0.2, 0.25) is 0 Å². The highest BCUT2D eigenvalue weighted by Crippen LogP contribution is 2.00. The van der Waals surface area contributed by atoms with Crippen LogP contribution in [-0.4, -0.2) is 28.5 Å². The number of rotatable bonds is 3. The van der Waals surface area contributed by atoms with Crippen LogP contribution in [0.15, 0.2) is 18.3 Å². The van der Waals surface area contributed by atoms with Crippen molar-refractivity contribution in [3.63, 3.8) is 0 Å². The lowest BCUT2D eigenvalue weighted by Crippen LogP contribution is -2.29. The molecule has 4 N–H and O–H groups in total. The summed E-state index contributed by atoms with van der Waals surface area (Å²) in [6.45, 7) is -0.413. The maximum Gasteiger partial charge on any atom is 0.322 e. The first kappa shape index (κ1) is 9.97. The highest BCUT2D eigenvalue weighted by atomic mass is 16.4. The monoisotopic (exact) mass is 195 g/mol. The van der Waals surface area contributed by atoms with E-state index in [0.717, 1.165) is 0 Å².